The van der Waals surface area contributed by atoms with Crippen LogP contribution in [0.5, 0.6) is 0 Å². The number of hydrogen-bond donors (Lipinski definition) is 0. The van der Waals surface area contributed by atoms with Crippen molar-refractivity contribution in [1.82, 2.24) is 8.87 Å². The van der Waals surface area contributed by atoms with Crippen LogP contribution in [0.4, 0.5) is 5.69 Å². The van der Waals surface area contributed by atoms with Crippen LogP contribution in [0.3, 0.4) is 0 Å². The summed E-state index contributed by atoms with van der Waals surface area (Å²) in [5.74, 6) is -0.145. The largest absolute Gasteiger partial charge is 0.308 e. The maximum Gasteiger partial charge on any atom is 0.308 e. The first-order valence-electron chi connectivity index (χ1n) is 10.4. The van der Waals surface area contributed by atoms with Gasteiger partial charge in [-0.25, -0.2) is 8.42 Å². The molecule has 5 rings (SSSR count). The lowest BCUT2D eigenvalue weighted by atomic mass is 10.1. The van der Waals surface area contributed by atoms with Gasteiger partial charge in [-0.3, -0.25) is 14.2 Å². The Kier molecular flexibility index (Phi) is 4.99. The highest BCUT2D eigenvalue weighted by Crippen LogP contribution is 2.32. The Bertz CT molecular complexity index is 1340. The Morgan fingerprint density at radius 3 is 2.65 bits per heavy atom. The average molecular weight is 458 g/mol. The molecule has 31 heavy (non-hydrogen) atoms. The number of para-hydroxylation sites is 1. The predicted molar refractivity (Wildman–Crippen MR) is 121 cm³/mol. The van der Waals surface area contributed by atoms with E-state index in [9.17, 15) is 18.0 Å². The molecule has 1 fully saturated rings. The van der Waals surface area contributed by atoms with Gasteiger partial charge < -0.3 is 4.90 Å². The summed E-state index contributed by atoms with van der Waals surface area (Å²) >= 11 is 0.976. The zero-order chi connectivity index (χ0) is 21.8. The molecule has 3 aromatic rings. The molecule has 0 aliphatic carbocycles. The standard InChI is InChI=1S/C22H23N3O4S2/c1-15-12-16-6-2-3-7-18(16)25(15)21(26)14-24-19-9-8-17(13-20(19)30-22(24)27)31(28,29)23-10-4-5-11-23/h2-3,6-9,13,15H,4-5,10-12,14H2,1H3/t15-/m1/s1. The number of hydrogen-bond acceptors (Lipinski definition) is 5. The second-order valence-corrected chi connectivity index (χ2v) is 11.1. The van der Waals surface area contributed by atoms with Crippen molar-refractivity contribution in [2.24, 2.45) is 0 Å². The number of benzene rings is 2. The minimum Gasteiger partial charge on any atom is -0.307 e. The molecule has 0 N–H and O–H groups in total. The summed E-state index contributed by atoms with van der Waals surface area (Å²) in [6.45, 7) is 2.99. The van der Waals surface area contributed by atoms with Gasteiger partial charge in [0.25, 0.3) is 0 Å². The molecule has 1 saturated heterocycles. The van der Waals surface area contributed by atoms with Crippen molar-refractivity contribution >= 4 is 43.2 Å². The van der Waals surface area contributed by atoms with E-state index in [0.29, 0.717) is 23.3 Å². The van der Waals surface area contributed by atoms with Gasteiger partial charge >= 0.3 is 4.87 Å². The first-order valence-corrected chi connectivity index (χ1v) is 12.7. The second-order valence-electron chi connectivity index (χ2n) is 8.14. The summed E-state index contributed by atoms with van der Waals surface area (Å²) in [6.07, 6.45) is 2.52. The Morgan fingerprint density at radius 2 is 1.87 bits per heavy atom. The highest BCUT2D eigenvalue weighted by Gasteiger charge is 2.31. The number of nitrogens with zero attached hydrogens (tertiary/aromatic N) is 3. The van der Waals surface area contributed by atoms with E-state index in [1.54, 1.807) is 17.0 Å². The van der Waals surface area contributed by atoms with Crippen molar-refractivity contribution in [1.29, 1.82) is 0 Å². The zero-order valence-electron chi connectivity index (χ0n) is 17.2. The lowest BCUT2D eigenvalue weighted by Crippen LogP contribution is -2.39. The monoisotopic (exact) mass is 457 g/mol. The summed E-state index contributed by atoms with van der Waals surface area (Å²) in [6, 6.07) is 12.6. The second kappa shape index (κ2) is 7.58. The van der Waals surface area contributed by atoms with Gasteiger partial charge in [0.05, 0.1) is 15.1 Å². The first kappa shape index (κ1) is 20.4. The third kappa shape index (κ3) is 3.40. The molecular weight excluding hydrogens is 434 g/mol. The maximum absolute atomic E-state index is 13.2. The van der Waals surface area contributed by atoms with Crippen LogP contribution in [-0.4, -0.2) is 42.3 Å². The van der Waals surface area contributed by atoms with Gasteiger partial charge in [-0.1, -0.05) is 29.5 Å². The van der Waals surface area contributed by atoms with E-state index in [2.05, 4.69) is 0 Å². The zero-order valence-corrected chi connectivity index (χ0v) is 18.8. The van der Waals surface area contributed by atoms with Gasteiger partial charge in [0, 0.05) is 24.8 Å². The van der Waals surface area contributed by atoms with Crippen molar-refractivity contribution in [3.63, 3.8) is 0 Å². The topological polar surface area (TPSA) is 79.7 Å². The van der Waals surface area contributed by atoms with E-state index < -0.39 is 10.0 Å². The molecule has 2 aliphatic heterocycles. The van der Waals surface area contributed by atoms with Crippen molar-refractivity contribution in [2.75, 3.05) is 18.0 Å². The van der Waals surface area contributed by atoms with E-state index in [1.165, 1.54) is 14.9 Å². The van der Waals surface area contributed by atoms with Gasteiger partial charge in [0.1, 0.15) is 6.54 Å². The van der Waals surface area contributed by atoms with E-state index in [1.807, 2.05) is 31.2 Å². The molecule has 7 nitrogen and oxygen atoms in total. The molecule has 0 spiro atoms. The third-order valence-electron chi connectivity index (χ3n) is 6.11. The fourth-order valence-corrected chi connectivity index (χ4v) is 7.14. The average Bonchev–Trinajstić information content (AvgIpc) is 3.45. The van der Waals surface area contributed by atoms with Crippen molar-refractivity contribution in [3.8, 4) is 0 Å². The summed E-state index contributed by atoms with van der Waals surface area (Å²) in [5, 5.41) is 0. The van der Waals surface area contributed by atoms with Crippen LogP contribution >= 0.6 is 11.3 Å². The van der Waals surface area contributed by atoms with E-state index in [4.69, 9.17) is 0 Å². The normalized spacial score (nSPS) is 19.3. The number of carbonyl (C=O) groups excluding carboxylic acids is 1. The van der Waals surface area contributed by atoms with Crippen LogP contribution in [-0.2, 0) is 27.8 Å². The van der Waals surface area contributed by atoms with Crippen LogP contribution in [0.25, 0.3) is 10.2 Å². The molecule has 0 saturated carbocycles. The number of fused-ring (bicyclic) bond motifs is 2. The molecule has 162 valence electrons. The molecule has 0 unspecified atom stereocenters. The molecule has 9 heteroatoms. The maximum atomic E-state index is 13.2. The van der Waals surface area contributed by atoms with Gasteiger partial charge in [0.15, 0.2) is 0 Å². The molecule has 3 heterocycles. The molecule has 0 bridgehead atoms. The smallest absolute Gasteiger partial charge is 0.307 e. The molecule has 1 aromatic heterocycles. The fraction of sp³-hybridized carbons (Fsp3) is 0.364. The lowest BCUT2D eigenvalue weighted by Gasteiger charge is -2.23. The van der Waals surface area contributed by atoms with Crippen LogP contribution in [0, 0.1) is 0 Å². The number of sulfonamides is 1. The van der Waals surface area contributed by atoms with Crippen molar-refractivity contribution < 1.29 is 13.2 Å². The van der Waals surface area contributed by atoms with Crippen LogP contribution < -0.4 is 9.77 Å². The highest BCUT2D eigenvalue weighted by atomic mass is 32.2. The Balaban J connectivity index is 1.47. The number of rotatable bonds is 4. The molecule has 2 aliphatic rings. The van der Waals surface area contributed by atoms with Gasteiger partial charge in [0.2, 0.25) is 15.9 Å². The predicted octanol–water partition coefficient (Wildman–Crippen LogP) is 2.83. The quantitative estimate of drug-likeness (QED) is 0.604. The highest BCUT2D eigenvalue weighted by molar-refractivity contribution is 7.89. The minimum atomic E-state index is -3.56. The van der Waals surface area contributed by atoms with Gasteiger partial charge in [-0.05, 0) is 56.0 Å². The van der Waals surface area contributed by atoms with Gasteiger partial charge in [-0.2, -0.15) is 4.31 Å². The Labute approximate surface area is 184 Å². The number of carbonyl (C=O) groups is 1. The lowest BCUT2D eigenvalue weighted by molar-refractivity contribution is -0.119. The van der Waals surface area contributed by atoms with Crippen LogP contribution in [0.15, 0.2) is 52.2 Å². The molecule has 2 aromatic carbocycles. The van der Waals surface area contributed by atoms with Crippen molar-refractivity contribution in [3.05, 3.63) is 57.7 Å². The summed E-state index contributed by atoms with van der Waals surface area (Å²) in [5.41, 5.74) is 2.61. The Hall–Kier alpha value is -2.49. The molecule has 0 radical (unpaired) electrons. The van der Waals surface area contributed by atoms with Crippen LogP contribution in [0.2, 0.25) is 0 Å². The van der Waals surface area contributed by atoms with E-state index in [-0.39, 0.29) is 28.3 Å². The van der Waals surface area contributed by atoms with Crippen LogP contribution in [0.1, 0.15) is 25.3 Å². The number of amides is 1. The molecular formula is C22H23N3O4S2. The Morgan fingerprint density at radius 1 is 1.13 bits per heavy atom. The fourth-order valence-electron chi connectivity index (χ4n) is 4.59. The number of anilines is 1. The number of aromatic nitrogens is 1. The molecule has 1 amide bonds. The number of thiazole rings is 1. The third-order valence-corrected chi connectivity index (χ3v) is 8.95. The summed E-state index contributed by atoms with van der Waals surface area (Å²) in [4.78, 5) is 27.5. The minimum absolute atomic E-state index is 0.0303. The summed E-state index contributed by atoms with van der Waals surface area (Å²) in [7, 11) is -3.56. The first-order chi connectivity index (χ1) is 14.9. The van der Waals surface area contributed by atoms with E-state index >= 15 is 0 Å². The van der Waals surface area contributed by atoms with E-state index in [0.717, 1.165) is 41.9 Å². The van der Waals surface area contributed by atoms with Gasteiger partial charge in [-0.15, -0.1) is 0 Å². The summed E-state index contributed by atoms with van der Waals surface area (Å²) < 4.78 is 29.2. The molecule has 1 atom stereocenters. The SMILES string of the molecule is C[C@@H]1Cc2ccccc2N1C(=O)Cn1c(=O)sc2cc(S(=O)(=O)N3CCCC3)ccc21. The van der Waals surface area contributed by atoms with Crippen molar-refractivity contribution in [2.45, 2.75) is 43.7 Å².